The zero-order chi connectivity index (χ0) is 21.6. The molecule has 3 aliphatic rings. The van der Waals surface area contributed by atoms with Crippen molar-refractivity contribution in [2.24, 2.45) is 0 Å². The van der Waals surface area contributed by atoms with E-state index >= 15 is 0 Å². The van der Waals surface area contributed by atoms with Gasteiger partial charge in [-0.1, -0.05) is 18.2 Å². The average molecular weight is 419 g/mol. The highest BCUT2D eigenvalue weighted by Crippen LogP contribution is 2.60. The van der Waals surface area contributed by atoms with E-state index in [0.717, 1.165) is 33.6 Å². The van der Waals surface area contributed by atoms with Gasteiger partial charge in [0, 0.05) is 16.8 Å². The third-order valence-electron chi connectivity index (χ3n) is 6.62. The Kier molecular flexibility index (Phi) is 3.89. The summed E-state index contributed by atoms with van der Waals surface area (Å²) in [5.41, 5.74) is 7.89. The highest BCUT2D eigenvalue weighted by atomic mass is 32.2. The lowest BCUT2D eigenvalue weighted by Gasteiger charge is -2.40. The molecule has 4 nitrogen and oxygen atoms in total. The fourth-order valence-corrected chi connectivity index (χ4v) is 6.51. The maximum Gasteiger partial charge on any atom is 0.269 e. The van der Waals surface area contributed by atoms with Crippen LogP contribution in [0.2, 0.25) is 0 Å². The zero-order valence-electron chi connectivity index (χ0n) is 18.3. The van der Waals surface area contributed by atoms with Gasteiger partial charge < -0.3 is 0 Å². The minimum absolute atomic E-state index is 0.0193. The molecule has 1 spiro atoms. The van der Waals surface area contributed by atoms with Gasteiger partial charge in [-0.05, 0) is 82.0 Å². The first-order chi connectivity index (χ1) is 14.1. The number of allylic oxidation sites excluding steroid dienone is 1. The fraction of sp³-hybridized carbons (Fsp3) is 0.360. The molecule has 5 rings (SSSR count). The van der Waals surface area contributed by atoms with Crippen molar-refractivity contribution in [2.45, 2.75) is 52.0 Å². The average Bonchev–Trinajstić information content (AvgIpc) is 3.13. The maximum absolute atomic E-state index is 14.2. The SMILES string of the molecule is CC1=CC(C)(C)N2C(=O)C3(SCC(=O)N3c3ccc(C)c(C)c3)c3cc(C)cc1c32. The number of nitrogens with zero attached hydrogens (tertiary/aromatic N) is 2. The monoisotopic (exact) mass is 418 g/mol. The highest BCUT2D eigenvalue weighted by molar-refractivity contribution is 8.02. The van der Waals surface area contributed by atoms with Gasteiger partial charge in [-0.2, -0.15) is 0 Å². The molecular weight excluding hydrogens is 392 g/mol. The van der Waals surface area contributed by atoms with Gasteiger partial charge in [0.25, 0.3) is 5.91 Å². The van der Waals surface area contributed by atoms with E-state index < -0.39 is 10.4 Å². The van der Waals surface area contributed by atoms with Crippen molar-refractivity contribution in [1.29, 1.82) is 0 Å². The summed E-state index contributed by atoms with van der Waals surface area (Å²) in [5, 5.41) is 0. The van der Waals surface area contributed by atoms with Gasteiger partial charge in [-0.25, -0.2) is 0 Å². The second kappa shape index (κ2) is 6.01. The summed E-state index contributed by atoms with van der Waals surface area (Å²) in [7, 11) is 0. The Labute approximate surface area is 181 Å². The molecule has 1 saturated heterocycles. The van der Waals surface area contributed by atoms with Crippen LogP contribution in [0.5, 0.6) is 0 Å². The Hall–Kier alpha value is -2.53. The molecule has 2 aromatic rings. The first kappa shape index (κ1) is 19.4. The zero-order valence-corrected chi connectivity index (χ0v) is 19.1. The number of carbonyl (C=O) groups excluding carboxylic acids is 2. The van der Waals surface area contributed by atoms with Crippen LogP contribution in [0.3, 0.4) is 0 Å². The molecule has 0 aliphatic carbocycles. The van der Waals surface area contributed by atoms with E-state index in [-0.39, 0.29) is 11.8 Å². The topological polar surface area (TPSA) is 40.6 Å². The largest absolute Gasteiger partial charge is 0.299 e. The maximum atomic E-state index is 14.2. The Morgan fingerprint density at radius 1 is 0.933 bits per heavy atom. The van der Waals surface area contributed by atoms with Crippen molar-refractivity contribution in [2.75, 3.05) is 15.6 Å². The molecule has 30 heavy (non-hydrogen) atoms. The molecule has 5 heteroatoms. The van der Waals surface area contributed by atoms with Gasteiger partial charge in [0.05, 0.1) is 17.0 Å². The second-order valence-electron chi connectivity index (χ2n) is 9.26. The van der Waals surface area contributed by atoms with E-state index in [4.69, 9.17) is 0 Å². The van der Waals surface area contributed by atoms with Crippen molar-refractivity contribution < 1.29 is 9.59 Å². The molecule has 1 unspecified atom stereocenters. The number of fused-ring (bicyclic) bond motifs is 1. The summed E-state index contributed by atoms with van der Waals surface area (Å²) in [6.45, 7) is 12.4. The molecule has 2 aromatic carbocycles. The molecular formula is C25H26N2O2S. The lowest BCUT2D eigenvalue weighted by molar-refractivity contribution is -0.124. The van der Waals surface area contributed by atoms with E-state index in [2.05, 4.69) is 52.8 Å². The molecule has 3 aliphatic heterocycles. The summed E-state index contributed by atoms with van der Waals surface area (Å²) in [5.74, 6) is 0.253. The Morgan fingerprint density at radius 3 is 2.37 bits per heavy atom. The van der Waals surface area contributed by atoms with Crippen LogP contribution in [0.4, 0.5) is 11.4 Å². The van der Waals surface area contributed by atoms with Crippen molar-refractivity contribution in [3.05, 3.63) is 64.2 Å². The summed E-state index contributed by atoms with van der Waals surface area (Å²) in [6.07, 6.45) is 2.16. The smallest absolute Gasteiger partial charge is 0.269 e. The van der Waals surface area contributed by atoms with Gasteiger partial charge in [-0.3, -0.25) is 19.4 Å². The lowest BCUT2D eigenvalue weighted by atomic mass is 9.88. The van der Waals surface area contributed by atoms with Crippen LogP contribution in [0.25, 0.3) is 5.57 Å². The third-order valence-corrected chi connectivity index (χ3v) is 8.01. The predicted molar refractivity (Wildman–Crippen MR) is 124 cm³/mol. The van der Waals surface area contributed by atoms with Gasteiger partial charge in [-0.15, -0.1) is 11.8 Å². The van der Waals surface area contributed by atoms with E-state index in [0.29, 0.717) is 5.75 Å². The standard InChI is InChI=1S/C25H26N2O2S/c1-14-9-19-17(4)12-24(5,6)27-22(19)20(10-14)25(23(27)29)26(21(28)13-30-25)18-8-7-15(2)16(3)11-18/h7-12H,13H2,1-6H3. The van der Waals surface area contributed by atoms with Crippen LogP contribution in [-0.2, 0) is 14.5 Å². The molecule has 0 N–H and O–H groups in total. The molecule has 1 atom stereocenters. The first-order valence-corrected chi connectivity index (χ1v) is 11.3. The molecule has 0 bridgehead atoms. The quantitative estimate of drug-likeness (QED) is 0.648. The normalized spacial score (nSPS) is 24.0. The van der Waals surface area contributed by atoms with Crippen molar-refractivity contribution in [1.82, 2.24) is 0 Å². The molecule has 2 amide bonds. The molecule has 0 aromatic heterocycles. The molecule has 154 valence electrons. The minimum Gasteiger partial charge on any atom is -0.299 e. The predicted octanol–water partition coefficient (Wildman–Crippen LogP) is 5.09. The van der Waals surface area contributed by atoms with Crippen LogP contribution in [0, 0.1) is 20.8 Å². The third kappa shape index (κ3) is 2.30. The highest BCUT2D eigenvalue weighted by Gasteiger charge is 2.64. The Balaban J connectivity index is 1.82. The number of aryl methyl sites for hydroxylation is 3. The number of anilines is 2. The summed E-state index contributed by atoms with van der Waals surface area (Å²) in [6, 6.07) is 10.3. The number of hydrogen-bond donors (Lipinski definition) is 0. The van der Waals surface area contributed by atoms with Gasteiger partial charge in [0.1, 0.15) is 0 Å². The van der Waals surface area contributed by atoms with Crippen molar-refractivity contribution in [3.63, 3.8) is 0 Å². The molecule has 0 saturated carbocycles. The van der Waals surface area contributed by atoms with E-state index in [9.17, 15) is 9.59 Å². The van der Waals surface area contributed by atoms with Crippen LogP contribution in [-0.4, -0.2) is 23.1 Å². The number of amides is 2. The summed E-state index contributed by atoms with van der Waals surface area (Å²) < 4.78 is 0. The number of carbonyl (C=O) groups is 2. The van der Waals surface area contributed by atoms with Crippen LogP contribution < -0.4 is 9.80 Å². The second-order valence-corrected chi connectivity index (χ2v) is 10.4. The summed E-state index contributed by atoms with van der Waals surface area (Å²) in [4.78, 5) is 30.0. The van der Waals surface area contributed by atoms with E-state index in [1.54, 1.807) is 4.90 Å². The molecule has 3 heterocycles. The fourth-order valence-electron chi connectivity index (χ4n) is 5.19. The van der Waals surface area contributed by atoms with Crippen molar-refractivity contribution in [3.8, 4) is 0 Å². The Bertz CT molecular complexity index is 1180. The molecule has 1 fully saturated rings. The van der Waals surface area contributed by atoms with Gasteiger partial charge >= 0.3 is 0 Å². The lowest BCUT2D eigenvalue weighted by Crippen LogP contribution is -2.54. The van der Waals surface area contributed by atoms with Gasteiger partial charge in [0.15, 0.2) is 0 Å². The van der Waals surface area contributed by atoms with Crippen LogP contribution >= 0.6 is 11.8 Å². The molecule has 0 radical (unpaired) electrons. The summed E-state index contributed by atoms with van der Waals surface area (Å²) >= 11 is 1.45. The number of benzene rings is 2. The number of hydrogen-bond acceptors (Lipinski definition) is 3. The Morgan fingerprint density at radius 2 is 1.67 bits per heavy atom. The van der Waals surface area contributed by atoms with E-state index in [1.807, 2.05) is 30.0 Å². The first-order valence-electron chi connectivity index (χ1n) is 10.3. The van der Waals surface area contributed by atoms with Crippen LogP contribution in [0.1, 0.15) is 48.6 Å². The van der Waals surface area contributed by atoms with E-state index in [1.165, 1.54) is 22.9 Å². The van der Waals surface area contributed by atoms with Gasteiger partial charge in [0.2, 0.25) is 10.8 Å². The number of rotatable bonds is 1. The van der Waals surface area contributed by atoms with Crippen LogP contribution in [0.15, 0.2) is 36.4 Å². The van der Waals surface area contributed by atoms with Crippen molar-refractivity contribution >= 4 is 40.5 Å². The minimum atomic E-state index is -1.05. The number of thioether (sulfide) groups is 1.